The minimum Gasteiger partial charge on any atom is -0.378 e. The van der Waals surface area contributed by atoms with E-state index in [1.165, 1.54) is 0 Å². The lowest BCUT2D eigenvalue weighted by Crippen LogP contribution is -2.18. The maximum absolute atomic E-state index is 11.6. The van der Waals surface area contributed by atoms with E-state index >= 15 is 0 Å². The molecule has 0 atom stereocenters. The average Bonchev–Trinajstić information content (AvgIpc) is 3.15. The lowest BCUT2D eigenvalue weighted by atomic mass is 10.2. The Morgan fingerprint density at radius 2 is 1.81 bits per heavy atom. The minimum absolute atomic E-state index is 0.122. The molecule has 0 radical (unpaired) electrons. The second-order valence-corrected chi connectivity index (χ2v) is 6.85. The summed E-state index contributed by atoms with van der Waals surface area (Å²) >= 11 is 0. The van der Waals surface area contributed by atoms with Crippen molar-refractivity contribution in [2.75, 3.05) is 19.0 Å². The summed E-state index contributed by atoms with van der Waals surface area (Å²) in [5, 5.41) is 12.9. The van der Waals surface area contributed by atoms with Gasteiger partial charge in [-0.3, -0.25) is 4.57 Å². The number of nitrogens with zero attached hydrogens (tertiary/aromatic N) is 4. The van der Waals surface area contributed by atoms with E-state index in [1.807, 2.05) is 43.3 Å². The molecule has 1 aromatic carbocycles. The number of hydrogen-bond donors (Lipinski definition) is 1. The third-order valence-corrected chi connectivity index (χ3v) is 4.26. The number of primary sulfonamides is 1. The molecule has 0 bridgehead atoms. The van der Waals surface area contributed by atoms with Gasteiger partial charge >= 0.3 is 0 Å². The Morgan fingerprint density at radius 1 is 1.19 bits per heavy atom. The number of nitrogens with two attached hydrogens (primary N) is 1. The Kier molecular flexibility index (Phi) is 3.22. The summed E-state index contributed by atoms with van der Waals surface area (Å²) in [7, 11) is 0.0521. The Bertz CT molecular complexity index is 760. The van der Waals surface area contributed by atoms with E-state index < -0.39 is 10.0 Å². The molecular weight excluding hydrogens is 290 g/mol. The van der Waals surface area contributed by atoms with E-state index in [0.717, 1.165) is 24.1 Å². The van der Waals surface area contributed by atoms with Crippen molar-refractivity contribution >= 4 is 15.7 Å². The van der Waals surface area contributed by atoms with Gasteiger partial charge in [0.2, 0.25) is 0 Å². The number of aromatic nitrogens is 3. The van der Waals surface area contributed by atoms with Crippen LogP contribution >= 0.6 is 0 Å². The third-order valence-electron chi connectivity index (χ3n) is 3.47. The predicted molar refractivity (Wildman–Crippen MR) is 79.4 cm³/mol. The number of benzene rings is 1. The van der Waals surface area contributed by atoms with Crippen molar-refractivity contribution in [3.05, 3.63) is 24.3 Å². The normalized spacial score (nSPS) is 15.2. The van der Waals surface area contributed by atoms with Crippen LogP contribution in [0.1, 0.15) is 18.9 Å². The topological polar surface area (TPSA) is 94.1 Å². The lowest BCUT2D eigenvalue weighted by Gasteiger charge is -2.13. The SMILES string of the molecule is CN(C)c1ccc(-c2nnc(S(N)(=O)=O)n2C2CC2)cc1. The first-order chi connectivity index (χ1) is 9.88. The van der Waals surface area contributed by atoms with Crippen molar-refractivity contribution in [1.29, 1.82) is 0 Å². The van der Waals surface area contributed by atoms with Crippen LogP contribution in [-0.4, -0.2) is 37.3 Å². The Morgan fingerprint density at radius 3 is 2.29 bits per heavy atom. The molecule has 3 rings (SSSR count). The molecule has 0 aliphatic heterocycles. The largest absolute Gasteiger partial charge is 0.378 e. The molecule has 0 amide bonds. The van der Waals surface area contributed by atoms with Gasteiger partial charge in [-0.25, -0.2) is 13.6 Å². The lowest BCUT2D eigenvalue weighted by molar-refractivity contribution is 0.567. The van der Waals surface area contributed by atoms with Crippen molar-refractivity contribution in [3.8, 4) is 11.4 Å². The third kappa shape index (κ3) is 2.64. The summed E-state index contributed by atoms with van der Waals surface area (Å²) < 4.78 is 24.9. The molecule has 0 saturated heterocycles. The van der Waals surface area contributed by atoms with Gasteiger partial charge < -0.3 is 4.90 Å². The first-order valence-corrected chi connectivity index (χ1v) is 8.18. The highest BCUT2D eigenvalue weighted by molar-refractivity contribution is 7.89. The van der Waals surface area contributed by atoms with Crippen LogP contribution < -0.4 is 10.0 Å². The Labute approximate surface area is 123 Å². The number of sulfonamides is 1. The van der Waals surface area contributed by atoms with E-state index in [-0.39, 0.29) is 11.2 Å². The molecule has 0 spiro atoms. The monoisotopic (exact) mass is 307 g/mol. The minimum atomic E-state index is -3.87. The Hall–Kier alpha value is -1.93. The molecule has 112 valence electrons. The van der Waals surface area contributed by atoms with Gasteiger partial charge in [0.25, 0.3) is 15.2 Å². The molecule has 1 aliphatic rings. The van der Waals surface area contributed by atoms with Gasteiger partial charge in [0.15, 0.2) is 5.82 Å². The van der Waals surface area contributed by atoms with Crippen LogP contribution in [0.2, 0.25) is 0 Å². The number of anilines is 1. The van der Waals surface area contributed by atoms with Gasteiger partial charge in [0.1, 0.15) is 0 Å². The van der Waals surface area contributed by atoms with Crippen LogP contribution in [0, 0.1) is 0 Å². The van der Waals surface area contributed by atoms with Gasteiger partial charge in [0.05, 0.1) is 0 Å². The second kappa shape index (κ2) is 4.81. The fourth-order valence-corrected chi connectivity index (χ4v) is 2.90. The van der Waals surface area contributed by atoms with Crippen molar-refractivity contribution in [2.45, 2.75) is 24.0 Å². The number of hydrogen-bond acceptors (Lipinski definition) is 5. The van der Waals surface area contributed by atoms with Crippen LogP contribution in [0.3, 0.4) is 0 Å². The van der Waals surface area contributed by atoms with E-state index in [1.54, 1.807) is 4.57 Å². The van der Waals surface area contributed by atoms with E-state index in [0.29, 0.717) is 5.82 Å². The van der Waals surface area contributed by atoms with Gasteiger partial charge in [0, 0.05) is 31.4 Å². The first-order valence-electron chi connectivity index (χ1n) is 6.63. The van der Waals surface area contributed by atoms with Crippen molar-refractivity contribution in [2.24, 2.45) is 5.14 Å². The summed E-state index contributed by atoms with van der Waals surface area (Å²) in [6, 6.07) is 7.85. The maximum Gasteiger partial charge on any atom is 0.273 e. The van der Waals surface area contributed by atoms with Crippen molar-refractivity contribution in [1.82, 2.24) is 14.8 Å². The maximum atomic E-state index is 11.6. The molecule has 21 heavy (non-hydrogen) atoms. The van der Waals surface area contributed by atoms with Crippen LogP contribution in [0.5, 0.6) is 0 Å². The fourth-order valence-electron chi connectivity index (χ4n) is 2.24. The summed E-state index contributed by atoms with van der Waals surface area (Å²) in [4.78, 5) is 1.99. The van der Waals surface area contributed by atoms with E-state index in [4.69, 9.17) is 5.14 Å². The molecule has 1 saturated carbocycles. The second-order valence-electron chi connectivity index (χ2n) is 5.39. The molecule has 0 unspecified atom stereocenters. The summed E-state index contributed by atoms with van der Waals surface area (Å²) in [5.74, 6) is 0.548. The van der Waals surface area contributed by atoms with Crippen LogP contribution in [0.15, 0.2) is 29.4 Å². The zero-order valence-corrected chi connectivity index (χ0v) is 12.7. The fraction of sp³-hybridized carbons (Fsp3) is 0.385. The molecule has 2 N–H and O–H groups in total. The highest BCUT2D eigenvalue weighted by Gasteiger charge is 2.33. The molecule has 1 aromatic heterocycles. The predicted octanol–water partition coefficient (Wildman–Crippen LogP) is 0.993. The Balaban J connectivity index is 2.08. The summed E-state index contributed by atoms with van der Waals surface area (Å²) in [6.45, 7) is 0. The summed E-state index contributed by atoms with van der Waals surface area (Å²) in [5.41, 5.74) is 1.89. The van der Waals surface area contributed by atoms with Crippen LogP contribution in [-0.2, 0) is 10.0 Å². The van der Waals surface area contributed by atoms with Crippen molar-refractivity contribution in [3.63, 3.8) is 0 Å². The molecule has 7 nitrogen and oxygen atoms in total. The average molecular weight is 307 g/mol. The zero-order chi connectivity index (χ0) is 15.2. The molecule has 8 heteroatoms. The van der Waals surface area contributed by atoms with Gasteiger partial charge in [-0.2, -0.15) is 0 Å². The van der Waals surface area contributed by atoms with Gasteiger partial charge in [-0.15, -0.1) is 10.2 Å². The molecule has 1 heterocycles. The highest BCUT2D eigenvalue weighted by Crippen LogP contribution is 2.39. The van der Waals surface area contributed by atoms with E-state index in [9.17, 15) is 8.42 Å². The first kappa shape index (κ1) is 14.0. The summed E-state index contributed by atoms with van der Waals surface area (Å²) in [6.07, 6.45) is 1.84. The van der Waals surface area contributed by atoms with E-state index in [2.05, 4.69) is 10.2 Å². The van der Waals surface area contributed by atoms with Crippen LogP contribution in [0.4, 0.5) is 5.69 Å². The standard InChI is InChI=1S/C13H17N5O2S/c1-17(2)10-5-3-9(4-6-10)12-15-16-13(21(14,19)20)18(12)11-7-8-11/h3-6,11H,7-8H2,1-2H3,(H2,14,19,20). The van der Waals surface area contributed by atoms with Gasteiger partial charge in [-0.1, -0.05) is 0 Å². The number of rotatable bonds is 4. The van der Waals surface area contributed by atoms with Gasteiger partial charge in [-0.05, 0) is 37.1 Å². The smallest absolute Gasteiger partial charge is 0.273 e. The quantitative estimate of drug-likeness (QED) is 0.909. The molecule has 1 fully saturated rings. The highest BCUT2D eigenvalue weighted by atomic mass is 32.2. The molecular formula is C13H17N5O2S. The molecule has 2 aromatic rings. The zero-order valence-electron chi connectivity index (χ0n) is 11.9. The van der Waals surface area contributed by atoms with Crippen LogP contribution in [0.25, 0.3) is 11.4 Å². The van der Waals surface area contributed by atoms with Crippen molar-refractivity contribution < 1.29 is 8.42 Å². The molecule has 1 aliphatic carbocycles.